The van der Waals surface area contributed by atoms with Crippen LogP contribution < -0.4 is 10.9 Å². The zero-order valence-corrected chi connectivity index (χ0v) is 9.61. The largest absolute Gasteiger partial charge is 0.347 e. The highest BCUT2D eigenvalue weighted by molar-refractivity contribution is 5.91. The Balaban J connectivity index is 2.06. The van der Waals surface area contributed by atoms with Gasteiger partial charge in [0.1, 0.15) is 17.3 Å². The van der Waals surface area contributed by atoms with E-state index in [9.17, 15) is 18.4 Å². The summed E-state index contributed by atoms with van der Waals surface area (Å²) in [6, 6.07) is 4.08. The summed E-state index contributed by atoms with van der Waals surface area (Å²) in [7, 11) is 0. The number of amides is 1. The van der Waals surface area contributed by atoms with E-state index in [0.29, 0.717) is 0 Å². The number of benzene rings is 1. The quantitative estimate of drug-likeness (QED) is 0.868. The first-order valence-electron chi connectivity index (χ1n) is 5.33. The Morgan fingerprint density at radius 2 is 2.11 bits per heavy atom. The second kappa shape index (κ2) is 5.38. The molecule has 5 nitrogen and oxygen atoms in total. The molecule has 1 aromatic carbocycles. The highest BCUT2D eigenvalue weighted by Gasteiger charge is 2.09. The molecule has 2 N–H and O–H groups in total. The Kier molecular flexibility index (Phi) is 3.65. The summed E-state index contributed by atoms with van der Waals surface area (Å²) in [6.45, 7) is -0.126. The first-order chi connectivity index (χ1) is 9.06. The third-order valence-corrected chi connectivity index (χ3v) is 2.37. The van der Waals surface area contributed by atoms with Crippen molar-refractivity contribution < 1.29 is 13.6 Å². The Hall–Kier alpha value is -2.57. The number of aromatic amines is 1. The number of carbonyl (C=O) groups excluding carboxylic acids is 1. The van der Waals surface area contributed by atoms with E-state index in [0.717, 1.165) is 24.5 Å². The molecule has 0 bridgehead atoms. The minimum Gasteiger partial charge on any atom is -0.347 e. The highest BCUT2D eigenvalue weighted by atomic mass is 19.1. The molecule has 0 atom stereocenters. The lowest BCUT2D eigenvalue weighted by Gasteiger charge is -2.05. The molecule has 19 heavy (non-hydrogen) atoms. The van der Waals surface area contributed by atoms with Crippen LogP contribution in [0.5, 0.6) is 0 Å². The second-order valence-electron chi connectivity index (χ2n) is 3.71. The lowest BCUT2D eigenvalue weighted by atomic mass is 10.2. The van der Waals surface area contributed by atoms with Crippen molar-refractivity contribution in [1.29, 1.82) is 0 Å². The maximum Gasteiger partial charge on any atom is 0.270 e. The Morgan fingerprint density at radius 3 is 2.79 bits per heavy atom. The fourth-order valence-corrected chi connectivity index (χ4v) is 1.42. The molecule has 7 heteroatoms. The van der Waals surface area contributed by atoms with E-state index in [1.807, 2.05) is 0 Å². The maximum absolute atomic E-state index is 13.3. The number of nitrogens with one attached hydrogen (secondary N) is 2. The van der Waals surface area contributed by atoms with Crippen molar-refractivity contribution in [3.63, 3.8) is 0 Å². The summed E-state index contributed by atoms with van der Waals surface area (Å²) >= 11 is 0. The molecule has 98 valence electrons. The smallest absolute Gasteiger partial charge is 0.270 e. The zero-order chi connectivity index (χ0) is 13.8. The molecule has 0 saturated carbocycles. The Labute approximate surface area is 106 Å². The van der Waals surface area contributed by atoms with Crippen molar-refractivity contribution in [2.75, 3.05) is 0 Å². The van der Waals surface area contributed by atoms with Gasteiger partial charge in [0.2, 0.25) is 0 Å². The molecule has 0 spiro atoms. The molecule has 0 aliphatic carbocycles. The minimum atomic E-state index is -0.751. The van der Waals surface area contributed by atoms with E-state index in [2.05, 4.69) is 15.3 Å². The van der Waals surface area contributed by atoms with E-state index < -0.39 is 23.1 Å². The van der Waals surface area contributed by atoms with Crippen LogP contribution in [0.2, 0.25) is 0 Å². The molecular weight excluding hydrogens is 256 g/mol. The predicted octanol–water partition coefficient (Wildman–Crippen LogP) is 0.978. The number of hydrogen-bond acceptors (Lipinski definition) is 3. The molecule has 0 aliphatic rings. The molecule has 0 fully saturated rings. The average molecular weight is 265 g/mol. The summed E-state index contributed by atoms with van der Waals surface area (Å²) < 4.78 is 26.0. The maximum atomic E-state index is 13.3. The summed E-state index contributed by atoms with van der Waals surface area (Å²) in [5.74, 6) is -2.06. The van der Waals surface area contributed by atoms with Gasteiger partial charge in [-0.1, -0.05) is 6.07 Å². The van der Waals surface area contributed by atoms with Gasteiger partial charge in [0.15, 0.2) is 0 Å². The van der Waals surface area contributed by atoms with E-state index >= 15 is 0 Å². The van der Waals surface area contributed by atoms with Gasteiger partial charge in [-0.25, -0.2) is 13.8 Å². The molecule has 1 amide bonds. The van der Waals surface area contributed by atoms with Crippen LogP contribution in [0.4, 0.5) is 8.78 Å². The molecule has 1 aromatic heterocycles. The summed E-state index contributed by atoms with van der Waals surface area (Å²) in [4.78, 5) is 28.5. The number of aromatic nitrogens is 2. The highest BCUT2D eigenvalue weighted by Crippen LogP contribution is 2.09. The molecule has 0 aliphatic heterocycles. The van der Waals surface area contributed by atoms with Crippen LogP contribution >= 0.6 is 0 Å². The number of carbonyl (C=O) groups is 1. The molecule has 0 saturated heterocycles. The SMILES string of the molecule is O=C(NCc1ccc(F)cc1F)c1cc(=O)[nH]cn1. The van der Waals surface area contributed by atoms with E-state index in [1.165, 1.54) is 6.07 Å². The first kappa shape index (κ1) is 12.9. The molecule has 1 heterocycles. The number of H-pyrrole nitrogens is 1. The van der Waals surface area contributed by atoms with Crippen LogP contribution in [0.15, 0.2) is 35.4 Å². The summed E-state index contributed by atoms with van der Waals surface area (Å²) in [5, 5.41) is 2.39. The summed E-state index contributed by atoms with van der Waals surface area (Å²) in [6.07, 6.45) is 1.09. The van der Waals surface area contributed by atoms with Gasteiger partial charge in [0.05, 0.1) is 6.33 Å². The number of rotatable bonds is 3. The monoisotopic (exact) mass is 265 g/mol. The van der Waals surface area contributed by atoms with Gasteiger partial charge >= 0.3 is 0 Å². The topological polar surface area (TPSA) is 74.8 Å². The van der Waals surface area contributed by atoms with E-state index in [4.69, 9.17) is 0 Å². The lowest BCUT2D eigenvalue weighted by Crippen LogP contribution is -2.25. The van der Waals surface area contributed by atoms with Crippen LogP contribution in [0.3, 0.4) is 0 Å². The van der Waals surface area contributed by atoms with Gasteiger partial charge in [0, 0.05) is 24.2 Å². The van der Waals surface area contributed by atoms with Gasteiger partial charge in [-0.15, -0.1) is 0 Å². The molecule has 2 rings (SSSR count). The van der Waals surface area contributed by atoms with Crippen molar-refractivity contribution in [1.82, 2.24) is 15.3 Å². The fraction of sp³-hybridized carbons (Fsp3) is 0.0833. The number of nitrogens with zero attached hydrogens (tertiary/aromatic N) is 1. The summed E-state index contributed by atoms with van der Waals surface area (Å²) in [5.41, 5.74) is -0.404. The van der Waals surface area contributed by atoms with Gasteiger partial charge in [-0.05, 0) is 6.07 Å². The molecule has 0 unspecified atom stereocenters. The van der Waals surface area contributed by atoms with Crippen molar-refractivity contribution in [3.05, 3.63) is 63.8 Å². The Bertz CT molecular complexity index is 670. The van der Waals surface area contributed by atoms with Crippen LogP contribution in [0.1, 0.15) is 16.1 Å². The first-order valence-corrected chi connectivity index (χ1v) is 5.33. The molecular formula is C12H9F2N3O2. The van der Waals surface area contributed by atoms with Crippen LogP contribution in [-0.4, -0.2) is 15.9 Å². The fourth-order valence-electron chi connectivity index (χ4n) is 1.42. The van der Waals surface area contributed by atoms with Crippen LogP contribution in [-0.2, 0) is 6.54 Å². The van der Waals surface area contributed by atoms with Gasteiger partial charge in [-0.2, -0.15) is 0 Å². The standard InChI is InChI=1S/C12H9F2N3O2/c13-8-2-1-7(9(14)3-8)5-15-12(19)10-4-11(18)17-6-16-10/h1-4,6H,5H2,(H,15,19)(H,16,17,18). The Morgan fingerprint density at radius 1 is 1.32 bits per heavy atom. The predicted molar refractivity (Wildman–Crippen MR) is 62.4 cm³/mol. The lowest BCUT2D eigenvalue weighted by molar-refractivity contribution is 0.0945. The zero-order valence-electron chi connectivity index (χ0n) is 9.61. The van der Waals surface area contributed by atoms with Gasteiger partial charge < -0.3 is 10.3 Å². The van der Waals surface area contributed by atoms with E-state index in [1.54, 1.807) is 0 Å². The molecule has 2 aromatic rings. The van der Waals surface area contributed by atoms with Crippen LogP contribution in [0, 0.1) is 11.6 Å². The van der Waals surface area contributed by atoms with Crippen molar-refractivity contribution in [2.45, 2.75) is 6.54 Å². The van der Waals surface area contributed by atoms with Gasteiger partial charge in [0.25, 0.3) is 11.5 Å². The third-order valence-electron chi connectivity index (χ3n) is 2.37. The van der Waals surface area contributed by atoms with Crippen LogP contribution in [0.25, 0.3) is 0 Å². The van der Waals surface area contributed by atoms with Crippen molar-refractivity contribution in [3.8, 4) is 0 Å². The normalized spacial score (nSPS) is 10.2. The minimum absolute atomic E-state index is 0.0775. The number of hydrogen-bond donors (Lipinski definition) is 2. The van der Waals surface area contributed by atoms with Gasteiger partial charge in [-0.3, -0.25) is 9.59 Å². The second-order valence-corrected chi connectivity index (χ2v) is 3.71. The van der Waals surface area contributed by atoms with Crippen molar-refractivity contribution >= 4 is 5.91 Å². The average Bonchev–Trinajstić information content (AvgIpc) is 2.37. The number of halogens is 2. The van der Waals surface area contributed by atoms with Crippen molar-refractivity contribution in [2.24, 2.45) is 0 Å². The van der Waals surface area contributed by atoms with E-state index in [-0.39, 0.29) is 17.8 Å². The third kappa shape index (κ3) is 3.21. The molecule has 0 radical (unpaired) electrons.